The highest BCUT2D eigenvalue weighted by Gasteiger charge is 2.18. The van der Waals surface area contributed by atoms with Crippen molar-refractivity contribution in [2.45, 2.75) is 19.3 Å². The van der Waals surface area contributed by atoms with Gasteiger partial charge in [-0.05, 0) is 23.8 Å². The Morgan fingerprint density at radius 2 is 2.50 bits per heavy atom. The van der Waals surface area contributed by atoms with E-state index in [-0.39, 0.29) is 0 Å². The zero-order chi connectivity index (χ0) is 9.80. The number of aromatic nitrogens is 2. The molecule has 2 N–H and O–H groups in total. The molecule has 14 heavy (non-hydrogen) atoms. The molecule has 78 valence electrons. The first kappa shape index (κ1) is 9.98. The molecule has 1 atom stereocenters. The van der Waals surface area contributed by atoms with E-state index in [4.69, 9.17) is 10.3 Å². The highest BCUT2D eigenvalue weighted by molar-refractivity contribution is 7.99. The Bertz CT molecular complexity index is 283. The standard InChI is InChI=1S/C9H15N3OS/c10-3-1-9-11-8(12-13-9)5-7-2-4-14-6-7/h7H,1-6,10H2. The second-order valence-corrected chi connectivity index (χ2v) is 4.73. The van der Waals surface area contributed by atoms with E-state index < -0.39 is 0 Å². The fourth-order valence-electron chi connectivity index (χ4n) is 1.60. The van der Waals surface area contributed by atoms with E-state index in [1.54, 1.807) is 0 Å². The van der Waals surface area contributed by atoms with Crippen molar-refractivity contribution >= 4 is 11.8 Å². The molecule has 0 spiro atoms. The lowest BCUT2D eigenvalue weighted by molar-refractivity contribution is 0.371. The monoisotopic (exact) mass is 213 g/mol. The molecule has 4 nitrogen and oxygen atoms in total. The fraction of sp³-hybridized carbons (Fsp3) is 0.778. The maximum absolute atomic E-state index is 5.40. The van der Waals surface area contributed by atoms with Crippen LogP contribution in [0.3, 0.4) is 0 Å². The number of rotatable bonds is 4. The van der Waals surface area contributed by atoms with Gasteiger partial charge in [-0.2, -0.15) is 16.7 Å². The molecule has 0 radical (unpaired) electrons. The van der Waals surface area contributed by atoms with Crippen molar-refractivity contribution in [2.75, 3.05) is 18.1 Å². The van der Waals surface area contributed by atoms with Crippen molar-refractivity contribution in [1.82, 2.24) is 10.1 Å². The average molecular weight is 213 g/mol. The summed E-state index contributed by atoms with van der Waals surface area (Å²) >= 11 is 2.01. The minimum atomic E-state index is 0.570. The molecule has 0 aromatic carbocycles. The summed E-state index contributed by atoms with van der Waals surface area (Å²) in [5.74, 6) is 4.77. The predicted molar refractivity (Wildman–Crippen MR) is 56.2 cm³/mol. The first-order chi connectivity index (χ1) is 6.88. The van der Waals surface area contributed by atoms with Crippen LogP contribution in [0.5, 0.6) is 0 Å². The van der Waals surface area contributed by atoms with E-state index in [2.05, 4.69) is 10.1 Å². The van der Waals surface area contributed by atoms with Crippen molar-refractivity contribution in [3.05, 3.63) is 11.7 Å². The van der Waals surface area contributed by atoms with Gasteiger partial charge < -0.3 is 10.3 Å². The van der Waals surface area contributed by atoms with Gasteiger partial charge in [-0.1, -0.05) is 5.16 Å². The molecule has 2 rings (SSSR count). The Hall–Kier alpha value is -0.550. The van der Waals surface area contributed by atoms with Crippen LogP contribution in [0, 0.1) is 5.92 Å². The van der Waals surface area contributed by atoms with Crippen molar-refractivity contribution in [3.63, 3.8) is 0 Å². The van der Waals surface area contributed by atoms with Crippen LogP contribution in [0.4, 0.5) is 0 Å². The molecule has 1 aliphatic rings. The van der Waals surface area contributed by atoms with Gasteiger partial charge in [-0.3, -0.25) is 0 Å². The van der Waals surface area contributed by atoms with Crippen molar-refractivity contribution < 1.29 is 4.52 Å². The van der Waals surface area contributed by atoms with Gasteiger partial charge in [0, 0.05) is 19.4 Å². The van der Waals surface area contributed by atoms with Gasteiger partial charge in [0.1, 0.15) is 0 Å². The summed E-state index contributed by atoms with van der Waals surface area (Å²) in [5, 5.41) is 3.95. The molecule has 1 unspecified atom stereocenters. The zero-order valence-corrected chi connectivity index (χ0v) is 8.92. The summed E-state index contributed by atoms with van der Waals surface area (Å²) < 4.78 is 5.07. The van der Waals surface area contributed by atoms with E-state index in [9.17, 15) is 0 Å². The Balaban J connectivity index is 1.88. The first-order valence-electron chi connectivity index (χ1n) is 4.97. The van der Waals surface area contributed by atoms with Gasteiger partial charge in [-0.15, -0.1) is 0 Å². The third-order valence-corrected chi connectivity index (χ3v) is 3.60. The topological polar surface area (TPSA) is 64.9 Å². The van der Waals surface area contributed by atoms with Crippen molar-refractivity contribution in [1.29, 1.82) is 0 Å². The minimum absolute atomic E-state index is 0.570. The van der Waals surface area contributed by atoms with Crippen LogP contribution in [0.2, 0.25) is 0 Å². The Morgan fingerprint density at radius 3 is 3.21 bits per heavy atom. The highest BCUT2D eigenvalue weighted by atomic mass is 32.2. The summed E-state index contributed by atoms with van der Waals surface area (Å²) in [6.45, 7) is 0.570. The van der Waals surface area contributed by atoms with Crippen LogP contribution in [0.1, 0.15) is 18.1 Å². The molecule has 1 saturated heterocycles. The van der Waals surface area contributed by atoms with Crippen LogP contribution in [-0.4, -0.2) is 28.2 Å². The minimum Gasteiger partial charge on any atom is -0.339 e. The number of thioether (sulfide) groups is 1. The SMILES string of the molecule is NCCc1nc(CC2CCSC2)no1. The normalized spacial score (nSPS) is 21.6. The number of nitrogens with two attached hydrogens (primary N) is 1. The third kappa shape index (κ3) is 2.48. The zero-order valence-electron chi connectivity index (χ0n) is 8.11. The molecule has 1 aromatic rings. The van der Waals surface area contributed by atoms with E-state index >= 15 is 0 Å². The lowest BCUT2D eigenvalue weighted by Crippen LogP contribution is -2.05. The van der Waals surface area contributed by atoms with Crippen LogP contribution < -0.4 is 5.73 Å². The molecule has 5 heteroatoms. The van der Waals surface area contributed by atoms with Crippen LogP contribution in [0.25, 0.3) is 0 Å². The number of nitrogens with zero attached hydrogens (tertiary/aromatic N) is 2. The van der Waals surface area contributed by atoms with Gasteiger partial charge in [0.05, 0.1) is 0 Å². The van der Waals surface area contributed by atoms with Crippen LogP contribution in [0.15, 0.2) is 4.52 Å². The number of hydrogen-bond donors (Lipinski definition) is 1. The molecule has 1 aliphatic heterocycles. The van der Waals surface area contributed by atoms with Gasteiger partial charge in [-0.25, -0.2) is 0 Å². The van der Waals surface area contributed by atoms with E-state index in [0.717, 1.165) is 18.2 Å². The van der Waals surface area contributed by atoms with E-state index in [1.165, 1.54) is 17.9 Å². The van der Waals surface area contributed by atoms with Crippen molar-refractivity contribution in [3.8, 4) is 0 Å². The average Bonchev–Trinajstić information content (AvgIpc) is 2.79. The Kier molecular flexibility index (Phi) is 3.42. The van der Waals surface area contributed by atoms with Gasteiger partial charge in [0.15, 0.2) is 5.82 Å². The maximum Gasteiger partial charge on any atom is 0.227 e. The summed E-state index contributed by atoms with van der Waals surface area (Å²) in [6, 6.07) is 0. The van der Waals surface area contributed by atoms with Gasteiger partial charge >= 0.3 is 0 Å². The molecule has 0 amide bonds. The van der Waals surface area contributed by atoms with Crippen LogP contribution >= 0.6 is 11.8 Å². The molecule has 2 heterocycles. The predicted octanol–water partition coefficient (Wildman–Crippen LogP) is 0.866. The van der Waals surface area contributed by atoms with Crippen LogP contribution in [-0.2, 0) is 12.8 Å². The summed E-state index contributed by atoms with van der Waals surface area (Å²) in [5.41, 5.74) is 5.40. The Labute approximate surface area is 87.6 Å². The molecule has 1 aromatic heterocycles. The lowest BCUT2D eigenvalue weighted by atomic mass is 10.1. The first-order valence-corrected chi connectivity index (χ1v) is 6.13. The largest absolute Gasteiger partial charge is 0.339 e. The molecular formula is C9H15N3OS. The second-order valence-electron chi connectivity index (χ2n) is 3.58. The summed E-state index contributed by atoms with van der Waals surface area (Å²) in [4.78, 5) is 4.30. The van der Waals surface area contributed by atoms with Crippen molar-refractivity contribution in [2.24, 2.45) is 11.7 Å². The Morgan fingerprint density at radius 1 is 1.57 bits per heavy atom. The lowest BCUT2D eigenvalue weighted by Gasteiger charge is -2.01. The van der Waals surface area contributed by atoms with E-state index in [1.807, 2.05) is 11.8 Å². The van der Waals surface area contributed by atoms with Gasteiger partial charge in [0.2, 0.25) is 5.89 Å². The summed E-state index contributed by atoms with van der Waals surface area (Å²) in [7, 11) is 0. The number of hydrogen-bond acceptors (Lipinski definition) is 5. The molecule has 0 bridgehead atoms. The quantitative estimate of drug-likeness (QED) is 0.804. The molecule has 0 saturated carbocycles. The fourth-order valence-corrected chi connectivity index (χ4v) is 2.89. The molecule has 1 fully saturated rings. The smallest absolute Gasteiger partial charge is 0.227 e. The summed E-state index contributed by atoms with van der Waals surface area (Å²) in [6.07, 6.45) is 2.93. The van der Waals surface area contributed by atoms with E-state index in [0.29, 0.717) is 18.9 Å². The second kappa shape index (κ2) is 4.79. The third-order valence-electron chi connectivity index (χ3n) is 2.36. The maximum atomic E-state index is 5.40. The molecular weight excluding hydrogens is 198 g/mol. The highest BCUT2D eigenvalue weighted by Crippen LogP contribution is 2.25. The van der Waals surface area contributed by atoms with Gasteiger partial charge in [0.25, 0.3) is 0 Å². The molecule has 0 aliphatic carbocycles.